The van der Waals surface area contributed by atoms with E-state index in [0.717, 1.165) is 23.3 Å². The molecule has 0 amide bonds. The van der Waals surface area contributed by atoms with Crippen LogP contribution in [0.25, 0.3) is 0 Å². The summed E-state index contributed by atoms with van der Waals surface area (Å²) in [4.78, 5) is 0. The number of methoxy groups -OCH3 is 1. The molecule has 3 aliphatic carbocycles. The van der Waals surface area contributed by atoms with Gasteiger partial charge in [-0.2, -0.15) is 0 Å². The van der Waals surface area contributed by atoms with Gasteiger partial charge in [-0.3, -0.25) is 0 Å². The lowest BCUT2D eigenvalue weighted by Gasteiger charge is -2.49. The van der Waals surface area contributed by atoms with Crippen LogP contribution in [-0.4, -0.2) is 7.11 Å². The highest BCUT2D eigenvalue weighted by atomic mass is 16.5. The second-order valence-electron chi connectivity index (χ2n) is 8.02. The van der Waals surface area contributed by atoms with Gasteiger partial charge in [-0.25, -0.2) is 0 Å². The van der Waals surface area contributed by atoms with E-state index >= 15 is 0 Å². The standard InChI is InChI=1S/C21H29NO/c1-4-14-6-8-18-16-7-5-13-11-19(22)20(23-3)12-17(13)15(16)9-10-21(14,18)2/h4,11-12,15-16,18H,5-10,22H2,1-3H3/b14-4+/t15-,16+,18-,21+/m0/s1. The molecule has 2 heteroatoms. The SMILES string of the molecule is C/C=C1\CC[C@H]2[C@@H]3CCc4cc(N)c(OC)cc4[C@H]3CC[C@]12C. The number of aryl methyl sites for hydroxylation is 1. The lowest BCUT2D eigenvalue weighted by atomic mass is 9.55. The van der Waals surface area contributed by atoms with Crippen LogP contribution in [-0.2, 0) is 6.42 Å². The normalized spacial score (nSPS) is 37.2. The molecule has 1 aromatic carbocycles. The van der Waals surface area contributed by atoms with Crippen molar-refractivity contribution in [2.45, 2.75) is 58.3 Å². The van der Waals surface area contributed by atoms with Crippen LogP contribution in [0.5, 0.6) is 5.75 Å². The first-order valence-electron chi connectivity index (χ1n) is 9.20. The zero-order chi connectivity index (χ0) is 16.2. The summed E-state index contributed by atoms with van der Waals surface area (Å²) in [5, 5.41) is 0. The number of nitrogens with two attached hydrogens (primary N) is 1. The summed E-state index contributed by atoms with van der Waals surface area (Å²) in [5.74, 6) is 3.28. The number of benzene rings is 1. The van der Waals surface area contributed by atoms with Crippen LogP contribution in [0.4, 0.5) is 5.69 Å². The summed E-state index contributed by atoms with van der Waals surface area (Å²) in [5.41, 5.74) is 12.1. The Bertz CT molecular complexity index is 662. The number of fused-ring (bicyclic) bond motifs is 5. The van der Waals surface area contributed by atoms with E-state index in [1.165, 1.54) is 49.7 Å². The van der Waals surface area contributed by atoms with Crippen molar-refractivity contribution in [1.29, 1.82) is 0 Å². The van der Waals surface area contributed by atoms with Crippen molar-refractivity contribution in [1.82, 2.24) is 0 Å². The average molecular weight is 311 g/mol. The van der Waals surface area contributed by atoms with E-state index < -0.39 is 0 Å². The molecule has 0 heterocycles. The first-order chi connectivity index (χ1) is 11.1. The van der Waals surface area contributed by atoms with Crippen LogP contribution in [0.2, 0.25) is 0 Å². The van der Waals surface area contributed by atoms with Crippen molar-refractivity contribution in [2.24, 2.45) is 17.3 Å². The largest absolute Gasteiger partial charge is 0.495 e. The van der Waals surface area contributed by atoms with Gasteiger partial charge in [0.15, 0.2) is 0 Å². The average Bonchev–Trinajstić information content (AvgIpc) is 2.90. The monoisotopic (exact) mass is 311 g/mol. The van der Waals surface area contributed by atoms with E-state index in [1.807, 2.05) is 0 Å². The van der Waals surface area contributed by atoms with E-state index in [0.29, 0.717) is 11.3 Å². The molecule has 2 N–H and O–H groups in total. The molecule has 124 valence electrons. The number of rotatable bonds is 1. The molecule has 2 fully saturated rings. The van der Waals surface area contributed by atoms with Crippen molar-refractivity contribution in [3.63, 3.8) is 0 Å². The van der Waals surface area contributed by atoms with Gasteiger partial charge in [0.05, 0.1) is 12.8 Å². The Kier molecular flexibility index (Phi) is 3.48. The molecule has 0 aromatic heterocycles. The van der Waals surface area contributed by atoms with Crippen LogP contribution in [0, 0.1) is 17.3 Å². The third kappa shape index (κ3) is 2.07. The van der Waals surface area contributed by atoms with E-state index in [9.17, 15) is 0 Å². The van der Waals surface area contributed by atoms with Gasteiger partial charge < -0.3 is 10.5 Å². The molecule has 2 nitrogen and oxygen atoms in total. The van der Waals surface area contributed by atoms with Crippen LogP contribution in [0.3, 0.4) is 0 Å². The zero-order valence-electron chi connectivity index (χ0n) is 14.7. The summed E-state index contributed by atoms with van der Waals surface area (Å²) < 4.78 is 5.50. The predicted octanol–water partition coefficient (Wildman–Crippen LogP) is 5.08. The molecule has 0 spiro atoms. The third-order valence-electron chi connectivity index (χ3n) is 7.27. The highest BCUT2D eigenvalue weighted by Gasteiger charge is 2.52. The van der Waals surface area contributed by atoms with E-state index in [2.05, 4.69) is 32.1 Å². The van der Waals surface area contributed by atoms with E-state index in [4.69, 9.17) is 10.5 Å². The predicted molar refractivity (Wildman–Crippen MR) is 95.8 cm³/mol. The van der Waals surface area contributed by atoms with Crippen molar-refractivity contribution in [2.75, 3.05) is 12.8 Å². The van der Waals surface area contributed by atoms with Gasteiger partial charge in [-0.1, -0.05) is 18.6 Å². The Balaban J connectivity index is 1.73. The molecular weight excluding hydrogens is 282 g/mol. The molecule has 2 saturated carbocycles. The molecule has 1 aromatic rings. The second-order valence-corrected chi connectivity index (χ2v) is 8.02. The topological polar surface area (TPSA) is 35.2 Å². The summed E-state index contributed by atoms with van der Waals surface area (Å²) in [6.07, 6.45) is 10.3. The second kappa shape index (κ2) is 5.29. The first-order valence-corrected chi connectivity index (χ1v) is 9.20. The van der Waals surface area contributed by atoms with Crippen LogP contribution in [0.15, 0.2) is 23.8 Å². The fourth-order valence-corrected chi connectivity index (χ4v) is 6.12. The number of anilines is 1. The third-order valence-corrected chi connectivity index (χ3v) is 7.27. The minimum Gasteiger partial charge on any atom is -0.495 e. The van der Waals surface area contributed by atoms with Crippen molar-refractivity contribution in [3.8, 4) is 5.75 Å². The van der Waals surface area contributed by atoms with Gasteiger partial charge in [0.1, 0.15) is 5.75 Å². The van der Waals surface area contributed by atoms with Gasteiger partial charge >= 0.3 is 0 Å². The number of allylic oxidation sites excluding steroid dienone is 2. The Hall–Kier alpha value is -1.44. The number of nitrogen functional groups attached to an aromatic ring is 1. The molecule has 4 atom stereocenters. The number of hydrogen-bond acceptors (Lipinski definition) is 2. The van der Waals surface area contributed by atoms with Crippen LogP contribution >= 0.6 is 0 Å². The molecule has 0 aliphatic heterocycles. The zero-order valence-corrected chi connectivity index (χ0v) is 14.7. The smallest absolute Gasteiger partial charge is 0.142 e. The lowest BCUT2D eigenvalue weighted by Crippen LogP contribution is -2.40. The minimum absolute atomic E-state index is 0.464. The molecule has 3 aliphatic rings. The number of ether oxygens (including phenoxy) is 1. The molecule has 0 unspecified atom stereocenters. The Morgan fingerprint density at radius 1 is 1.22 bits per heavy atom. The summed E-state index contributed by atoms with van der Waals surface area (Å²) in [6, 6.07) is 4.42. The molecule has 4 rings (SSSR count). The van der Waals surface area contributed by atoms with Crippen molar-refractivity contribution in [3.05, 3.63) is 34.9 Å². The molecule has 0 bridgehead atoms. The lowest BCUT2D eigenvalue weighted by molar-refractivity contribution is 0.0813. The highest BCUT2D eigenvalue weighted by molar-refractivity contribution is 5.58. The van der Waals surface area contributed by atoms with Gasteiger partial charge in [0.25, 0.3) is 0 Å². The van der Waals surface area contributed by atoms with E-state index in [1.54, 1.807) is 12.7 Å². The minimum atomic E-state index is 0.464. The maximum absolute atomic E-state index is 6.13. The van der Waals surface area contributed by atoms with Gasteiger partial charge in [0.2, 0.25) is 0 Å². The molecule has 0 saturated heterocycles. The summed E-state index contributed by atoms with van der Waals surface area (Å²) in [7, 11) is 1.73. The summed E-state index contributed by atoms with van der Waals surface area (Å²) >= 11 is 0. The van der Waals surface area contributed by atoms with Gasteiger partial charge in [-0.15, -0.1) is 0 Å². The van der Waals surface area contributed by atoms with Gasteiger partial charge in [-0.05, 0) is 91.9 Å². The maximum Gasteiger partial charge on any atom is 0.142 e. The van der Waals surface area contributed by atoms with Crippen LogP contribution in [0.1, 0.15) is 63.0 Å². The fourth-order valence-electron chi connectivity index (χ4n) is 6.12. The molecule has 0 radical (unpaired) electrons. The van der Waals surface area contributed by atoms with Gasteiger partial charge in [0, 0.05) is 0 Å². The first kappa shape index (κ1) is 15.1. The Morgan fingerprint density at radius 2 is 2.04 bits per heavy atom. The quantitative estimate of drug-likeness (QED) is 0.580. The van der Waals surface area contributed by atoms with Crippen molar-refractivity contribution < 1.29 is 4.74 Å². The van der Waals surface area contributed by atoms with Crippen LogP contribution < -0.4 is 10.5 Å². The van der Waals surface area contributed by atoms with Crippen molar-refractivity contribution >= 4 is 5.69 Å². The van der Waals surface area contributed by atoms with E-state index in [-0.39, 0.29) is 0 Å². The Labute approximate surface area is 140 Å². The maximum atomic E-state index is 6.13. The number of hydrogen-bond donors (Lipinski definition) is 1. The Morgan fingerprint density at radius 3 is 2.78 bits per heavy atom. The molecule has 23 heavy (non-hydrogen) atoms. The summed E-state index contributed by atoms with van der Waals surface area (Å²) in [6.45, 7) is 4.77. The fraction of sp³-hybridized carbons (Fsp3) is 0.619. The molecular formula is C21H29NO. The highest BCUT2D eigenvalue weighted by Crippen LogP contribution is 2.63.